The first-order chi connectivity index (χ1) is 20.8. The third-order valence-corrected chi connectivity index (χ3v) is 9.78. The molecular formula is C33H38N4O6. The van der Waals surface area contributed by atoms with E-state index in [0.717, 1.165) is 28.8 Å². The molecule has 3 aromatic rings. The summed E-state index contributed by atoms with van der Waals surface area (Å²) >= 11 is 0. The van der Waals surface area contributed by atoms with E-state index in [4.69, 9.17) is 19.2 Å². The molecule has 1 spiro atoms. The summed E-state index contributed by atoms with van der Waals surface area (Å²) in [5, 5.41) is 13.2. The van der Waals surface area contributed by atoms with Crippen molar-refractivity contribution in [1.29, 1.82) is 0 Å². The molecule has 226 valence electrons. The lowest BCUT2D eigenvalue weighted by Crippen LogP contribution is -2.52. The highest BCUT2D eigenvalue weighted by Crippen LogP contribution is 2.56. The number of benzene rings is 2. The Kier molecular flexibility index (Phi) is 6.93. The smallest absolute Gasteiger partial charge is 0.407 e. The van der Waals surface area contributed by atoms with Crippen LogP contribution in [0.1, 0.15) is 62.0 Å². The van der Waals surface area contributed by atoms with Crippen LogP contribution in [0.5, 0.6) is 5.75 Å². The van der Waals surface area contributed by atoms with Gasteiger partial charge in [-0.15, -0.1) is 0 Å². The number of phenols is 1. The van der Waals surface area contributed by atoms with Crippen LogP contribution in [0.25, 0.3) is 22.4 Å². The van der Waals surface area contributed by atoms with Crippen molar-refractivity contribution >= 4 is 12.0 Å². The van der Waals surface area contributed by atoms with Gasteiger partial charge in [0, 0.05) is 6.42 Å². The number of nitrogens with zero attached hydrogens (tertiary/aromatic N) is 2. The number of amides is 2. The zero-order chi connectivity index (χ0) is 29.9. The molecule has 4 atom stereocenters. The van der Waals surface area contributed by atoms with Crippen molar-refractivity contribution in [2.24, 2.45) is 11.8 Å². The van der Waals surface area contributed by atoms with E-state index in [1.54, 1.807) is 11.1 Å². The van der Waals surface area contributed by atoms with Gasteiger partial charge in [-0.05, 0) is 70.9 Å². The van der Waals surface area contributed by atoms with Crippen LogP contribution in [0.4, 0.5) is 4.79 Å². The average Bonchev–Trinajstić information content (AvgIpc) is 3.78. The van der Waals surface area contributed by atoms with Gasteiger partial charge >= 0.3 is 6.09 Å². The quantitative estimate of drug-likeness (QED) is 0.375. The number of aromatic nitrogens is 2. The van der Waals surface area contributed by atoms with Crippen molar-refractivity contribution < 1.29 is 28.9 Å². The number of alkyl carbamates (subject to hydrolysis) is 1. The lowest BCUT2D eigenvalue weighted by molar-refractivity contribution is -0.153. The number of hydrogen-bond acceptors (Lipinski definition) is 7. The fourth-order valence-electron chi connectivity index (χ4n) is 7.38. The first-order valence-electron chi connectivity index (χ1n) is 15.2. The Hall–Kier alpha value is -3.89. The van der Waals surface area contributed by atoms with Crippen molar-refractivity contribution in [2.45, 2.75) is 63.3 Å². The maximum Gasteiger partial charge on any atom is 0.407 e. The zero-order valence-corrected chi connectivity index (χ0v) is 24.8. The van der Waals surface area contributed by atoms with Gasteiger partial charge in [-0.1, -0.05) is 44.2 Å². The molecule has 2 aliphatic heterocycles. The van der Waals surface area contributed by atoms with Gasteiger partial charge in [0.15, 0.2) is 5.79 Å². The lowest BCUT2D eigenvalue weighted by atomic mass is 9.73. The summed E-state index contributed by atoms with van der Waals surface area (Å²) < 4.78 is 16.8. The van der Waals surface area contributed by atoms with Crippen molar-refractivity contribution in [2.75, 3.05) is 26.9 Å². The Balaban J connectivity index is 1.15. The number of ether oxygens (including phenoxy) is 3. The zero-order valence-electron chi connectivity index (χ0n) is 24.8. The van der Waals surface area contributed by atoms with Gasteiger partial charge in [0.2, 0.25) is 5.91 Å². The van der Waals surface area contributed by atoms with Crippen molar-refractivity contribution in [3.63, 3.8) is 0 Å². The maximum atomic E-state index is 13.8. The number of nitrogens with one attached hydrogen (secondary N) is 2. The topological polar surface area (TPSA) is 126 Å². The summed E-state index contributed by atoms with van der Waals surface area (Å²) in [5.74, 6) is 0.979. The van der Waals surface area contributed by atoms with Crippen LogP contribution < -0.4 is 5.32 Å². The summed E-state index contributed by atoms with van der Waals surface area (Å²) in [6.45, 7) is 4.93. The standard InChI is InChI=1S/C33H38N4O6/c1-18(2)29(36-32(40)41-3)31(39)37-17-33(42-12-13-43-33)15-26(37)30-34-16-25(35-30)20-6-4-19(5-7-20)22-10-11-27(38)24-14-21-8-9-23(21)28(22)24/h4-7,10-11,16,18,21,23,26,29,38H,8-9,12-15,17H2,1-3H3,(H,34,35)(H,36,40)/t21?,23?,26-,29-/m0/s1. The van der Waals surface area contributed by atoms with Crippen LogP contribution in [0, 0.1) is 11.8 Å². The second-order valence-electron chi connectivity index (χ2n) is 12.6. The molecule has 3 fully saturated rings. The van der Waals surface area contributed by atoms with Crippen molar-refractivity contribution in [1.82, 2.24) is 20.2 Å². The van der Waals surface area contributed by atoms with E-state index in [0.29, 0.717) is 43.0 Å². The molecule has 1 saturated carbocycles. The Morgan fingerprint density at radius 1 is 1.12 bits per heavy atom. The van der Waals surface area contributed by atoms with E-state index < -0.39 is 24.0 Å². The van der Waals surface area contributed by atoms with Gasteiger partial charge in [-0.2, -0.15) is 0 Å². The van der Waals surface area contributed by atoms with E-state index in [1.807, 2.05) is 26.0 Å². The average molecular weight is 587 g/mol. The number of rotatable bonds is 6. The van der Waals surface area contributed by atoms with Gasteiger partial charge in [-0.25, -0.2) is 9.78 Å². The number of aromatic amines is 1. The highest BCUT2D eigenvalue weighted by Gasteiger charge is 2.52. The first-order valence-corrected chi connectivity index (χ1v) is 15.2. The predicted octanol–water partition coefficient (Wildman–Crippen LogP) is 4.90. The maximum absolute atomic E-state index is 13.8. The molecule has 3 N–H and O–H groups in total. The minimum Gasteiger partial charge on any atom is -0.508 e. The van der Waals surface area contributed by atoms with Crippen LogP contribution in [0.3, 0.4) is 0 Å². The molecule has 7 rings (SSSR count). The largest absolute Gasteiger partial charge is 0.508 e. The Labute approximate surface area is 250 Å². The fourth-order valence-corrected chi connectivity index (χ4v) is 7.38. The second kappa shape index (κ2) is 10.7. The van der Waals surface area contributed by atoms with E-state index in [9.17, 15) is 14.7 Å². The van der Waals surface area contributed by atoms with Gasteiger partial charge in [0.25, 0.3) is 0 Å². The predicted molar refractivity (Wildman–Crippen MR) is 158 cm³/mol. The molecule has 2 aliphatic carbocycles. The van der Waals surface area contributed by atoms with Gasteiger partial charge in [-0.3, -0.25) is 4.79 Å². The van der Waals surface area contributed by atoms with Gasteiger partial charge in [0.1, 0.15) is 17.6 Å². The first kappa shape index (κ1) is 27.9. The Morgan fingerprint density at radius 3 is 2.53 bits per heavy atom. The van der Waals surface area contributed by atoms with E-state index in [2.05, 4.69) is 34.6 Å². The van der Waals surface area contributed by atoms with Gasteiger partial charge in [0.05, 0.1) is 44.8 Å². The minimum atomic E-state index is -0.897. The summed E-state index contributed by atoms with van der Waals surface area (Å²) in [7, 11) is 1.28. The number of methoxy groups -OCH3 is 1. The van der Waals surface area contributed by atoms with Crippen molar-refractivity contribution in [3.05, 3.63) is 59.5 Å². The summed E-state index contributed by atoms with van der Waals surface area (Å²) in [4.78, 5) is 35.8. The number of carbonyl (C=O) groups is 2. The fraction of sp³-hybridized carbons (Fsp3) is 0.485. The number of imidazole rings is 1. The molecule has 3 heterocycles. The molecule has 10 heteroatoms. The molecule has 2 amide bonds. The van der Waals surface area contributed by atoms with Crippen LogP contribution in [0.15, 0.2) is 42.6 Å². The molecule has 2 unspecified atom stereocenters. The third-order valence-electron chi connectivity index (χ3n) is 9.78. The molecule has 0 radical (unpaired) electrons. The van der Waals surface area contributed by atoms with Crippen LogP contribution in [-0.2, 0) is 25.4 Å². The summed E-state index contributed by atoms with van der Waals surface area (Å²) in [6.07, 6.45) is 4.98. The number of fused-ring (bicyclic) bond motifs is 3. The van der Waals surface area contributed by atoms with E-state index in [-0.39, 0.29) is 18.4 Å². The number of hydrogen-bond donors (Lipinski definition) is 3. The van der Waals surface area contributed by atoms with Crippen LogP contribution in [0.2, 0.25) is 0 Å². The molecule has 1 aromatic heterocycles. The van der Waals surface area contributed by atoms with E-state index in [1.165, 1.54) is 31.1 Å². The molecule has 2 aromatic carbocycles. The molecule has 0 bridgehead atoms. The van der Waals surface area contributed by atoms with Gasteiger partial charge < -0.3 is 34.5 Å². The number of H-pyrrole nitrogens is 1. The molecule has 4 aliphatic rings. The summed E-state index contributed by atoms with van der Waals surface area (Å²) in [5.41, 5.74) is 6.61. The minimum absolute atomic E-state index is 0.162. The molecule has 10 nitrogen and oxygen atoms in total. The highest BCUT2D eigenvalue weighted by atomic mass is 16.7. The Morgan fingerprint density at radius 2 is 1.86 bits per heavy atom. The SMILES string of the molecule is COC(=O)N[C@H](C(=O)N1CC2(C[C@H]1c1ncc(-c3ccc(-c4ccc(O)c5c4C4CCC4C5)cc3)[nH]1)OCCO2)C(C)C. The number of aromatic hydroxyl groups is 1. The number of phenolic OH excluding ortho intramolecular Hbond substituents is 1. The Bertz CT molecular complexity index is 1540. The monoisotopic (exact) mass is 586 g/mol. The third kappa shape index (κ3) is 4.77. The summed E-state index contributed by atoms with van der Waals surface area (Å²) in [6, 6.07) is 11.1. The second-order valence-corrected chi connectivity index (χ2v) is 12.6. The number of carbonyl (C=O) groups excluding carboxylic acids is 2. The molecule has 2 saturated heterocycles. The molecular weight excluding hydrogens is 548 g/mol. The van der Waals surface area contributed by atoms with Crippen LogP contribution in [-0.4, -0.2) is 70.7 Å². The van der Waals surface area contributed by atoms with E-state index >= 15 is 0 Å². The lowest BCUT2D eigenvalue weighted by Gasteiger charge is -2.31. The number of likely N-dealkylation sites (tertiary alicyclic amines) is 1. The van der Waals surface area contributed by atoms with Crippen LogP contribution >= 0.6 is 0 Å². The normalized spacial score (nSPS) is 24.1. The van der Waals surface area contributed by atoms with Crippen molar-refractivity contribution in [3.8, 4) is 28.1 Å². The molecule has 43 heavy (non-hydrogen) atoms. The highest BCUT2D eigenvalue weighted by molar-refractivity contribution is 5.86.